The zero-order chi connectivity index (χ0) is 15.5. The summed E-state index contributed by atoms with van der Waals surface area (Å²) in [4.78, 5) is 0. The minimum Gasteiger partial charge on any atom is -0.456 e. The van der Waals surface area contributed by atoms with E-state index < -0.39 is 11.7 Å². The molecule has 21 heavy (non-hydrogen) atoms. The van der Waals surface area contributed by atoms with Gasteiger partial charge in [0.15, 0.2) is 0 Å². The molecule has 0 aromatic heterocycles. The lowest BCUT2D eigenvalue weighted by Crippen LogP contribution is -2.05. The van der Waals surface area contributed by atoms with Gasteiger partial charge in [-0.15, -0.1) is 0 Å². The molecule has 0 saturated heterocycles. The number of hydrogen-bond acceptors (Lipinski definition) is 3. The number of halogens is 3. The number of rotatable bonds is 3. The number of anilines is 1. The lowest BCUT2D eigenvalue weighted by molar-refractivity contribution is -0.137. The molecule has 0 amide bonds. The number of nitriles is 1. The van der Waals surface area contributed by atoms with E-state index >= 15 is 0 Å². The third kappa shape index (κ3) is 3.45. The smallest absolute Gasteiger partial charge is 0.416 e. The van der Waals surface area contributed by atoms with Gasteiger partial charge in [-0.2, -0.15) is 18.4 Å². The second-order valence-electron chi connectivity index (χ2n) is 4.20. The molecule has 0 aliphatic rings. The van der Waals surface area contributed by atoms with Gasteiger partial charge in [0.2, 0.25) is 0 Å². The summed E-state index contributed by atoms with van der Waals surface area (Å²) in [5, 5.41) is 11.9. The van der Waals surface area contributed by atoms with Crippen LogP contribution in [0.3, 0.4) is 0 Å². The summed E-state index contributed by atoms with van der Waals surface area (Å²) in [7, 11) is 1.76. The van der Waals surface area contributed by atoms with Gasteiger partial charge in [0, 0.05) is 12.7 Å². The van der Waals surface area contributed by atoms with Crippen LogP contribution >= 0.6 is 0 Å². The van der Waals surface area contributed by atoms with Crippen LogP contribution in [-0.2, 0) is 6.18 Å². The van der Waals surface area contributed by atoms with Crippen molar-refractivity contribution in [3.8, 4) is 17.6 Å². The molecule has 0 aliphatic heterocycles. The molecular formula is C15H11F3N2O. The molecule has 6 heteroatoms. The van der Waals surface area contributed by atoms with Crippen LogP contribution in [0.4, 0.5) is 18.9 Å². The van der Waals surface area contributed by atoms with Gasteiger partial charge in [0.05, 0.1) is 11.1 Å². The van der Waals surface area contributed by atoms with Crippen molar-refractivity contribution in [1.29, 1.82) is 5.26 Å². The highest BCUT2D eigenvalue weighted by atomic mass is 19.4. The van der Waals surface area contributed by atoms with Crippen molar-refractivity contribution in [2.75, 3.05) is 12.4 Å². The van der Waals surface area contributed by atoms with Gasteiger partial charge in [-0.25, -0.2) is 0 Å². The second-order valence-corrected chi connectivity index (χ2v) is 4.20. The first-order valence-electron chi connectivity index (χ1n) is 6.01. The predicted molar refractivity (Wildman–Crippen MR) is 72.2 cm³/mol. The van der Waals surface area contributed by atoms with Crippen LogP contribution in [-0.4, -0.2) is 7.05 Å². The molecule has 2 aromatic rings. The molecule has 0 bridgehead atoms. The van der Waals surface area contributed by atoms with Gasteiger partial charge in [-0.05, 0) is 42.5 Å². The number of ether oxygens (including phenoxy) is 1. The average molecular weight is 292 g/mol. The molecule has 0 saturated carbocycles. The van der Waals surface area contributed by atoms with Crippen LogP contribution in [0.5, 0.6) is 11.5 Å². The van der Waals surface area contributed by atoms with Crippen molar-refractivity contribution in [1.82, 2.24) is 0 Å². The number of hydrogen-bond donors (Lipinski definition) is 1. The van der Waals surface area contributed by atoms with E-state index in [1.165, 1.54) is 0 Å². The number of nitrogens with one attached hydrogen (secondary N) is 1. The summed E-state index contributed by atoms with van der Waals surface area (Å²) >= 11 is 0. The zero-order valence-corrected chi connectivity index (χ0v) is 11.0. The first-order chi connectivity index (χ1) is 9.94. The van der Waals surface area contributed by atoms with Crippen LogP contribution in [0.2, 0.25) is 0 Å². The van der Waals surface area contributed by atoms with E-state index in [1.54, 1.807) is 37.4 Å². The van der Waals surface area contributed by atoms with Crippen LogP contribution < -0.4 is 10.1 Å². The molecule has 2 aromatic carbocycles. The van der Waals surface area contributed by atoms with E-state index in [9.17, 15) is 13.2 Å². The Morgan fingerprint density at radius 3 is 2.29 bits per heavy atom. The van der Waals surface area contributed by atoms with E-state index in [2.05, 4.69) is 5.32 Å². The van der Waals surface area contributed by atoms with Crippen LogP contribution in [0.25, 0.3) is 0 Å². The minimum absolute atomic E-state index is 0.0858. The summed E-state index contributed by atoms with van der Waals surface area (Å²) in [6, 6.07) is 11.3. The van der Waals surface area contributed by atoms with E-state index in [0.717, 1.165) is 23.9 Å². The highest BCUT2D eigenvalue weighted by Crippen LogP contribution is 2.34. The zero-order valence-electron chi connectivity index (χ0n) is 11.0. The van der Waals surface area contributed by atoms with Crippen molar-refractivity contribution in [2.24, 2.45) is 0 Å². The van der Waals surface area contributed by atoms with Crippen molar-refractivity contribution in [2.45, 2.75) is 6.18 Å². The van der Waals surface area contributed by atoms with Gasteiger partial charge in [0.25, 0.3) is 0 Å². The standard InChI is InChI=1S/C15H11F3N2O/c1-20-12-3-5-13(6-4-12)21-14-7-2-11(15(16,17)18)8-10(14)9-19/h2-8,20H,1H3. The molecular weight excluding hydrogens is 281 g/mol. The third-order valence-electron chi connectivity index (χ3n) is 2.80. The summed E-state index contributed by atoms with van der Waals surface area (Å²) in [5.74, 6) is 0.521. The Balaban J connectivity index is 2.29. The monoisotopic (exact) mass is 292 g/mol. The third-order valence-corrected chi connectivity index (χ3v) is 2.80. The molecule has 1 N–H and O–H groups in total. The molecule has 3 nitrogen and oxygen atoms in total. The van der Waals surface area contributed by atoms with Crippen LogP contribution in [0, 0.1) is 11.3 Å². The predicted octanol–water partition coefficient (Wildman–Crippen LogP) is 4.41. The molecule has 108 valence electrons. The van der Waals surface area contributed by atoms with Gasteiger partial charge in [0.1, 0.15) is 17.6 Å². The molecule has 0 fully saturated rings. The normalized spacial score (nSPS) is 10.8. The van der Waals surface area contributed by atoms with E-state index in [1.807, 2.05) is 0 Å². The maximum Gasteiger partial charge on any atom is 0.416 e. The first kappa shape index (κ1) is 14.7. The molecule has 0 unspecified atom stereocenters. The van der Waals surface area contributed by atoms with Gasteiger partial charge in [-0.3, -0.25) is 0 Å². The molecule has 2 rings (SSSR count). The van der Waals surface area contributed by atoms with E-state index in [4.69, 9.17) is 10.00 Å². The van der Waals surface area contributed by atoms with Gasteiger partial charge < -0.3 is 10.1 Å². The molecule has 0 radical (unpaired) electrons. The Morgan fingerprint density at radius 2 is 1.76 bits per heavy atom. The minimum atomic E-state index is -4.49. The highest BCUT2D eigenvalue weighted by molar-refractivity contribution is 5.50. The summed E-state index contributed by atoms with van der Waals surface area (Å²) in [5.41, 5.74) is -0.172. The molecule has 0 aliphatic carbocycles. The average Bonchev–Trinajstić information content (AvgIpc) is 2.47. The quantitative estimate of drug-likeness (QED) is 0.911. The van der Waals surface area contributed by atoms with Crippen molar-refractivity contribution in [3.05, 3.63) is 53.6 Å². The van der Waals surface area contributed by atoms with Crippen molar-refractivity contribution in [3.63, 3.8) is 0 Å². The van der Waals surface area contributed by atoms with Crippen molar-refractivity contribution >= 4 is 5.69 Å². The Kier molecular flexibility index (Phi) is 4.03. The number of alkyl halides is 3. The highest BCUT2D eigenvalue weighted by Gasteiger charge is 2.31. The first-order valence-corrected chi connectivity index (χ1v) is 6.01. The summed E-state index contributed by atoms with van der Waals surface area (Å²) < 4.78 is 43.2. The Labute approximate surface area is 119 Å². The van der Waals surface area contributed by atoms with E-state index in [-0.39, 0.29) is 11.3 Å². The lowest BCUT2D eigenvalue weighted by Gasteiger charge is -2.11. The van der Waals surface area contributed by atoms with Gasteiger partial charge >= 0.3 is 6.18 Å². The fraction of sp³-hybridized carbons (Fsp3) is 0.133. The topological polar surface area (TPSA) is 45.0 Å². The summed E-state index contributed by atoms with van der Waals surface area (Å²) in [6.07, 6.45) is -4.49. The fourth-order valence-corrected chi connectivity index (χ4v) is 1.70. The largest absolute Gasteiger partial charge is 0.456 e. The summed E-state index contributed by atoms with van der Waals surface area (Å²) in [6.45, 7) is 0. The van der Waals surface area contributed by atoms with Gasteiger partial charge in [-0.1, -0.05) is 0 Å². The Bertz CT molecular complexity index is 673. The fourth-order valence-electron chi connectivity index (χ4n) is 1.70. The molecule has 0 spiro atoms. The Morgan fingerprint density at radius 1 is 1.10 bits per heavy atom. The Hall–Kier alpha value is -2.68. The van der Waals surface area contributed by atoms with Crippen LogP contribution in [0.1, 0.15) is 11.1 Å². The maximum atomic E-state index is 12.6. The number of nitrogens with zero attached hydrogens (tertiary/aromatic N) is 1. The second kappa shape index (κ2) is 5.75. The van der Waals surface area contributed by atoms with E-state index in [0.29, 0.717) is 5.75 Å². The SMILES string of the molecule is CNc1ccc(Oc2ccc(C(F)(F)F)cc2C#N)cc1. The lowest BCUT2D eigenvalue weighted by atomic mass is 10.1. The van der Waals surface area contributed by atoms with Crippen molar-refractivity contribution < 1.29 is 17.9 Å². The maximum absolute atomic E-state index is 12.6. The number of benzene rings is 2. The molecule has 0 heterocycles. The molecule has 0 atom stereocenters. The van der Waals surface area contributed by atoms with Crippen LogP contribution in [0.15, 0.2) is 42.5 Å².